The third-order valence-corrected chi connectivity index (χ3v) is 6.13. The molecule has 0 heterocycles. The number of rotatable bonds is 7. The van der Waals surface area contributed by atoms with Gasteiger partial charge in [0.25, 0.3) is 0 Å². The Morgan fingerprint density at radius 3 is 2.42 bits per heavy atom. The molecule has 0 unspecified atom stereocenters. The van der Waals surface area contributed by atoms with E-state index in [1.807, 2.05) is 0 Å². The summed E-state index contributed by atoms with van der Waals surface area (Å²) in [6.07, 6.45) is 11.1. The molecule has 3 aliphatic rings. The summed E-state index contributed by atoms with van der Waals surface area (Å²) in [7, 11) is 1.70. The summed E-state index contributed by atoms with van der Waals surface area (Å²) in [5.74, 6) is 0.472. The molecular formula is C19H32N2O3. The Labute approximate surface area is 145 Å². The van der Waals surface area contributed by atoms with E-state index in [0.29, 0.717) is 12.6 Å². The highest BCUT2D eigenvalue weighted by atomic mass is 16.5. The van der Waals surface area contributed by atoms with Crippen LogP contribution in [0.1, 0.15) is 70.6 Å². The first-order valence-electron chi connectivity index (χ1n) is 9.73. The summed E-state index contributed by atoms with van der Waals surface area (Å²) in [4.78, 5) is 25.2. The van der Waals surface area contributed by atoms with Crippen molar-refractivity contribution < 1.29 is 14.3 Å². The summed E-state index contributed by atoms with van der Waals surface area (Å²) >= 11 is 0. The molecular weight excluding hydrogens is 304 g/mol. The molecule has 0 aromatic carbocycles. The minimum Gasteiger partial charge on any atom is -0.385 e. The topological polar surface area (TPSA) is 67.4 Å². The van der Waals surface area contributed by atoms with Crippen LogP contribution in [-0.2, 0) is 14.3 Å². The zero-order chi connectivity index (χ0) is 17.0. The van der Waals surface area contributed by atoms with E-state index in [-0.39, 0.29) is 29.2 Å². The largest absolute Gasteiger partial charge is 0.385 e. The summed E-state index contributed by atoms with van der Waals surface area (Å²) in [5.41, 5.74) is -0.237. The van der Waals surface area contributed by atoms with Crippen LogP contribution >= 0.6 is 0 Å². The predicted molar refractivity (Wildman–Crippen MR) is 92.4 cm³/mol. The highest BCUT2D eigenvalue weighted by molar-refractivity contribution is 5.83. The quantitative estimate of drug-likeness (QED) is 0.751. The molecule has 0 saturated heterocycles. The van der Waals surface area contributed by atoms with Crippen molar-refractivity contribution in [3.63, 3.8) is 0 Å². The van der Waals surface area contributed by atoms with Crippen molar-refractivity contribution in [3.05, 3.63) is 0 Å². The van der Waals surface area contributed by atoms with Crippen molar-refractivity contribution in [2.24, 2.45) is 11.3 Å². The van der Waals surface area contributed by atoms with Crippen LogP contribution in [0.25, 0.3) is 0 Å². The van der Waals surface area contributed by atoms with Crippen LogP contribution < -0.4 is 10.6 Å². The molecule has 136 valence electrons. The molecule has 3 fully saturated rings. The molecule has 0 radical (unpaired) electrons. The van der Waals surface area contributed by atoms with E-state index < -0.39 is 0 Å². The van der Waals surface area contributed by atoms with Gasteiger partial charge in [-0.3, -0.25) is 9.59 Å². The molecule has 3 aliphatic carbocycles. The van der Waals surface area contributed by atoms with Crippen molar-refractivity contribution in [1.29, 1.82) is 0 Å². The van der Waals surface area contributed by atoms with E-state index in [1.54, 1.807) is 7.11 Å². The lowest BCUT2D eigenvalue weighted by Gasteiger charge is -2.33. The number of methoxy groups -OCH3 is 1. The summed E-state index contributed by atoms with van der Waals surface area (Å²) in [5, 5.41) is 6.41. The molecule has 0 aromatic rings. The van der Waals surface area contributed by atoms with Crippen LogP contribution in [0.2, 0.25) is 0 Å². The Kier molecular flexibility index (Phi) is 5.80. The van der Waals surface area contributed by atoms with Crippen LogP contribution in [0, 0.1) is 11.3 Å². The van der Waals surface area contributed by atoms with Gasteiger partial charge in [-0.15, -0.1) is 0 Å². The number of hydrogen-bond acceptors (Lipinski definition) is 3. The standard InChI is InChI=1S/C19H32N2O3/c1-24-12-11-19(9-2-3-10-19)18(23)21-16-6-4-5-14(13-16)17(22)20-15-7-8-15/h14-16H,2-13H2,1H3,(H,20,22)(H,21,23)/t14-,16+/m0/s1. The van der Waals surface area contributed by atoms with Gasteiger partial charge in [0.15, 0.2) is 0 Å². The third kappa shape index (κ3) is 4.29. The molecule has 2 amide bonds. The molecule has 2 N–H and O–H groups in total. The number of carbonyl (C=O) groups is 2. The van der Waals surface area contributed by atoms with Gasteiger partial charge >= 0.3 is 0 Å². The normalized spacial score (nSPS) is 29.2. The van der Waals surface area contributed by atoms with E-state index in [4.69, 9.17) is 4.74 Å². The Bertz CT molecular complexity index is 456. The average molecular weight is 336 g/mol. The molecule has 0 aliphatic heterocycles. The molecule has 5 heteroatoms. The third-order valence-electron chi connectivity index (χ3n) is 6.13. The second-order valence-electron chi connectivity index (χ2n) is 8.05. The summed E-state index contributed by atoms with van der Waals surface area (Å²) in [6.45, 7) is 0.643. The lowest BCUT2D eigenvalue weighted by Crippen LogP contribution is -2.48. The summed E-state index contributed by atoms with van der Waals surface area (Å²) < 4.78 is 5.23. The van der Waals surface area contributed by atoms with Crippen molar-refractivity contribution in [1.82, 2.24) is 10.6 Å². The van der Waals surface area contributed by atoms with Crippen LogP contribution in [-0.4, -0.2) is 37.6 Å². The summed E-state index contributed by atoms with van der Waals surface area (Å²) in [6, 6.07) is 0.574. The molecule has 0 aromatic heterocycles. The highest BCUT2D eigenvalue weighted by Crippen LogP contribution is 2.41. The average Bonchev–Trinajstić information content (AvgIpc) is 3.26. The Hall–Kier alpha value is -1.10. The van der Waals surface area contributed by atoms with Gasteiger partial charge in [0, 0.05) is 31.7 Å². The zero-order valence-corrected chi connectivity index (χ0v) is 14.9. The first-order chi connectivity index (χ1) is 11.6. The fourth-order valence-corrected chi connectivity index (χ4v) is 4.38. The number of carbonyl (C=O) groups excluding carboxylic acids is 2. The molecule has 24 heavy (non-hydrogen) atoms. The molecule has 0 spiro atoms. The van der Waals surface area contributed by atoms with E-state index in [1.165, 1.54) is 0 Å². The van der Waals surface area contributed by atoms with Gasteiger partial charge in [-0.1, -0.05) is 19.3 Å². The Balaban J connectivity index is 1.53. The molecule has 0 bridgehead atoms. The van der Waals surface area contributed by atoms with E-state index in [9.17, 15) is 9.59 Å². The maximum Gasteiger partial charge on any atom is 0.226 e. The lowest BCUT2D eigenvalue weighted by molar-refractivity contribution is -0.134. The minimum atomic E-state index is -0.237. The van der Waals surface area contributed by atoms with Gasteiger partial charge in [0.05, 0.1) is 5.41 Å². The molecule has 3 rings (SSSR count). The molecule has 3 saturated carbocycles. The Morgan fingerprint density at radius 1 is 1.00 bits per heavy atom. The number of amides is 2. The van der Waals surface area contributed by atoms with E-state index in [0.717, 1.165) is 70.6 Å². The SMILES string of the molecule is COCCC1(C(=O)N[C@@H]2CCC[C@H](C(=O)NC3CC3)C2)CCCC1. The van der Waals surface area contributed by atoms with Gasteiger partial charge in [0.1, 0.15) is 0 Å². The van der Waals surface area contributed by atoms with Crippen molar-refractivity contribution in [3.8, 4) is 0 Å². The monoisotopic (exact) mass is 336 g/mol. The second-order valence-corrected chi connectivity index (χ2v) is 8.05. The van der Waals surface area contributed by atoms with Crippen molar-refractivity contribution in [2.45, 2.75) is 82.7 Å². The smallest absolute Gasteiger partial charge is 0.226 e. The first-order valence-corrected chi connectivity index (χ1v) is 9.73. The number of ether oxygens (including phenoxy) is 1. The first kappa shape index (κ1) is 17.7. The van der Waals surface area contributed by atoms with Crippen molar-refractivity contribution in [2.75, 3.05) is 13.7 Å². The highest BCUT2D eigenvalue weighted by Gasteiger charge is 2.42. The van der Waals surface area contributed by atoms with Gasteiger partial charge in [-0.2, -0.15) is 0 Å². The zero-order valence-electron chi connectivity index (χ0n) is 14.9. The van der Waals surface area contributed by atoms with Crippen LogP contribution in [0.4, 0.5) is 0 Å². The molecule has 2 atom stereocenters. The maximum absolute atomic E-state index is 12.9. The van der Waals surface area contributed by atoms with Gasteiger partial charge in [-0.05, 0) is 51.4 Å². The number of nitrogens with one attached hydrogen (secondary N) is 2. The second kappa shape index (κ2) is 7.85. The van der Waals surface area contributed by atoms with Gasteiger partial charge in [-0.25, -0.2) is 0 Å². The minimum absolute atomic E-state index is 0.0724. The maximum atomic E-state index is 12.9. The predicted octanol–water partition coefficient (Wildman–Crippen LogP) is 2.54. The van der Waals surface area contributed by atoms with E-state index >= 15 is 0 Å². The Morgan fingerprint density at radius 2 is 1.75 bits per heavy atom. The van der Waals surface area contributed by atoms with E-state index in [2.05, 4.69) is 10.6 Å². The number of hydrogen-bond donors (Lipinski definition) is 2. The van der Waals surface area contributed by atoms with Crippen LogP contribution in [0.15, 0.2) is 0 Å². The van der Waals surface area contributed by atoms with Gasteiger partial charge in [0.2, 0.25) is 11.8 Å². The fourth-order valence-electron chi connectivity index (χ4n) is 4.38. The lowest BCUT2D eigenvalue weighted by atomic mass is 9.80. The van der Waals surface area contributed by atoms with Gasteiger partial charge < -0.3 is 15.4 Å². The van der Waals surface area contributed by atoms with Crippen molar-refractivity contribution >= 4 is 11.8 Å². The molecule has 5 nitrogen and oxygen atoms in total. The fraction of sp³-hybridized carbons (Fsp3) is 0.895. The van der Waals surface area contributed by atoms with Crippen LogP contribution in [0.3, 0.4) is 0 Å². The van der Waals surface area contributed by atoms with Crippen LogP contribution in [0.5, 0.6) is 0 Å².